The zero-order chi connectivity index (χ0) is 18.7. The molecule has 7 nitrogen and oxygen atoms in total. The molecule has 0 fully saturated rings. The fourth-order valence-corrected chi connectivity index (χ4v) is 2.76. The number of non-ortho nitro benzene ring substituents is 1. The first-order chi connectivity index (χ1) is 12.5. The van der Waals surface area contributed by atoms with Crippen molar-refractivity contribution in [2.45, 2.75) is 0 Å². The number of allylic oxidation sites excluding steroid dienone is 1. The minimum absolute atomic E-state index is 0.0567. The van der Waals surface area contributed by atoms with Crippen LogP contribution in [0.4, 0.5) is 5.69 Å². The second kappa shape index (κ2) is 7.47. The number of nitrogens with zero attached hydrogens (tertiary/aromatic N) is 4. The standard InChI is InChI=1S/C17H10Cl2N4O3/c18-12-3-6-14(15(19)7-12)17(24)8-16(22-10-20-9-21-22)11-1-4-13(5-2-11)23(25)26/h1-10H. The molecule has 0 unspecified atom stereocenters. The Balaban J connectivity index is 2.05. The van der Waals surface area contributed by atoms with E-state index in [1.807, 2.05) is 0 Å². The van der Waals surface area contributed by atoms with E-state index in [2.05, 4.69) is 10.1 Å². The number of carbonyl (C=O) groups is 1. The number of carbonyl (C=O) groups excluding carboxylic acids is 1. The molecule has 0 amide bonds. The smallest absolute Gasteiger partial charge is 0.269 e. The van der Waals surface area contributed by atoms with Gasteiger partial charge in [-0.25, -0.2) is 9.67 Å². The van der Waals surface area contributed by atoms with E-state index in [4.69, 9.17) is 23.2 Å². The van der Waals surface area contributed by atoms with Crippen molar-refractivity contribution < 1.29 is 9.72 Å². The van der Waals surface area contributed by atoms with Crippen molar-refractivity contribution in [1.29, 1.82) is 0 Å². The third-order valence-electron chi connectivity index (χ3n) is 3.50. The maximum atomic E-state index is 12.7. The second-order valence-corrected chi connectivity index (χ2v) is 6.01. The lowest BCUT2D eigenvalue weighted by molar-refractivity contribution is -0.384. The molecule has 26 heavy (non-hydrogen) atoms. The average molecular weight is 389 g/mol. The van der Waals surface area contributed by atoms with Crippen molar-refractivity contribution in [2.75, 3.05) is 0 Å². The molecule has 1 aromatic heterocycles. The predicted molar refractivity (Wildman–Crippen MR) is 97.3 cm³/mol. The quantitative estimate of drug-likeness (QED) is 0.281. The highest BCUT2D eigenvalue weighted by molar-refractivity contribution is 6.37. The topological polar surface area (TPSA) is 90.9 Å². The highest BCUT2D eigenvalue weighted by Crippen LogP contribution is 2.24. The van der Waals surface area contributed by atoms with Crippen LogP contribution in [0.5, 0.6) is 0 Å². The molecule has 1 heterocycles. The van der Waals surface area contributed by atoms with Crippen LogP contribution in [-0.4, -0.2) is 25.5 Å². The van der Waals surface area contributed by atoms with Gasteiger partial charge in [0.2, 0.25) is 0 Å². The summed E-state index contributed by atoms with van der Waals surface area (Å²) in [6.45, 7) is 0. The summed E-state index contributed by atoms with van der Waals surface area (Å²) >= 11 is 11.9. The first-order valence-corrected chi connectivity index (χ1v) is 8.02. The molecule has 0 saturated carbocycles. The van der Waals surface area contributed by atoms with E-state index in [1.54, 1.807) is 6.07 Å². The molecular formula is C17H10Cl2N4O3. The molecule has 0 atom stereocenters. The Morgan fingerprint density at radius 3 is 2.46 bits per heavy atom. The Kier molecular flexibility index (Phi) is 5.11. The van der Waals surface area contributed by atoms with E-state index in [0.717, 1.165) is 0 Å². The fraction of sp³-hybridized carbons (Fsp3) is 0. The molecule has 0 aliphatic heterocycles. The molecule has 0 aliphatic rings. The summed E-state index contributed by atoms with van der Waals surface area (Å²) in [5.41, 5.74) is 1.17. The first-order valence-electron chi connectivity index (χ1n) is 7.26. The van der Waals surface area contributed by atoms with Crippen LogP contribution in [0.15, 0.2) is 61.2 Å². The van der Waals surface area contributed by atoms with E-state index in [0.29, 0.717) is 16.3 Å². The number of aromatic nitrogens is 3. The summed E-state index contributed by atoms with van der Waals surface area (Å²) in [5.74, 6) is -0.365. The van der Waals surface area contributed by atoms with Crippen molar-refractivity contribution in [3.05, 3.63) is 92.5 Å². The lowest BCUT2D eigenvalue weighted by Crippen LogP contribution is -2.05. The van der Waals surface area contributed by atoms with Gasteiger partial charge in [-0.3, -0.25) is 14.9 Å². The number of ketones is 1. The van der Waals surface area contributed by atoms with E-state index in [-0.39, 0.29) is 22.1 Å². The molecule has 0 aliphatic carbocycles. The minimum Gasteiger partial charge on any atom is -0.289 e. The summed E-state index contributed by atoms with van der Waals surface area (Å²) in [6, 6.07) is 10.3. The number of rotatable bonds is 5. The number of benzene rings is 2. The molecule has 0 bridgehead atoms. The number of halogens is 2. The minimum atomic E-state index is -0.499. The highest BCUT2D eigenvalue weighted by Gasteiger charge is 2.14. The summed E-state index contributed by atoms with van der Waals surface area (Å²) in [5, 5.41) is 15.5. The van der Waals surface area contributed by atoms with Gasteiger partial charge in [0.1, 0.15) is 12.7 Å². The third kappa shape index (κ3) is 3.79. The van der Waals surface area contributed by atoms with Crippen molar-refractivity contribution in [3.8, 4) is 0 Å². The van der Waals surface area contributed by atoms with Crippen molar-refractivity contribution in [3.63, 3.8) is 0 Å². The van der Waals surface area contributed by atoms with E-state index in [1.165, 1.54) is 59.8 Å². The van der Waals surface area contributed by atoms with Crippen molar-refractivity contribution in [1.82, 2.24) is 14.8 Å². The summed E-state index contributed by atoms with van der Waals surface area (Å²) < 4.78 is 1.39. The summed E-state index contributed by atoms with van der Waals surface area (Å²) in [6.07, 6.45) is 4.08. The molecule has 0 spiro atoms. The van der Waals surface area contributed by atoms with E-state index < -0.39 is 4.92 Å². The lowest BCUT2D eigenvalue weighted by Gasteiger charge is -2.08. The van der Waals surface area contributed by atoms with Gasteiger partial charge in [0.15, 0.2) is 5.78 Å². The number of hydrogen-bond acceptors (Lipinski definition) is 5. The molecule has 0 radical (unpaired) electrons. The van der Waals surface area contributed by atoms with E-state index >= 15 is 0 Å². The molecule has 0 saturated heterocycles. The molecule has 3 aromatic rings. The van der Waals surface area contributed by atoms with Crippen LogP contribution >= 0.6 is 23.2 Å². The van der Waals surface area contributed by atoms with Crippen LogP contribution in [0, 0.1) is 10.1 Å². The van der Waals surface area contributed by atoms with Gasteiger partial charge in [0.25, 0.3) is 5.69 Å². The molecule has 9 heteroatoms. The van der Waals surface area contributed by atoms with E-state index in [9.17, 15) is 14.9 Å². The number of nitro benzene ring substituents is 1. The van der Waals surface area contributed by atoms with Gasteiger partial charge in [-0.05, 0) is 30.3 Å². The van der Waals surface area contributed by atoms with Crippen LogP contribution in [0.1, 0.15) is 15.9 Å². The molecule has 2 aromatic carbocycles. The van der Waals surface area contributed by atoms with Gasteiger partial charge in [0.05, 0.1) is 15.6 Å². The summed E-state index contributed by atoms with van der Waals surface area (Å²) in [7, 11) is 0. The SMILES string of the molecule is O=C(C=C(c1ccc([N+](=O)[O-])cc1)n1cncn1)c1ccc(Cl)cc1Cl. The molecule has 130 valence electrons. The van der Waals surface area contributed by atoms with Crippen LogP contribution in [0.3, 0.4) is 0 Å². The monoisotopic (exact) mass is 388 g/mol. The lowest BCUT2D eigenvalue weighted by atomic mass is 10.1. The Bertz CT molecular complexity index is 999. The largest absolute Gasteiger partial charge is 0.289 e. The van der Waals surface area contributed by atoms with Crippen LogP contribution in [-0.2, 0) is 0 Å². The molecule has 3 rings (SSSR count). The van der Waals surface area contributed by atoms with Gasteiger partial charge in [-0.15, -0.1) is 0 Å². The maximum Gasteiger partial charge on any atom is 0.269 e. The Labute approximate surface area is 157 Å². The van der Waals surface area contributed by atoms with Gasteiger partial charge in [0, 0.05) is 34.4 Å². The van der Waals surface area contributed by atoms with Crippen molar-refractivity contribution in [2.24, 2.45) is 0 Å². The van der Waals surface area contributed by atoms with Crippen LogP contribution in [0.25, 0.3) is 5.70 Å². The Hall–Kier alpha value is -3.03. The summed E-state index contributed by atoms with van der Waals surface area (Å²) in [4.78, 5) is 26.9. The van der Waals surface area contributed by atoms with Gasteiger partial charge >= 0.3 is 0 Å². The van der Waals surface area contributed by atoms with Crippen LogP contribution in [0.2, 0.25) is 10.0 Å². The molecular weight excluding hydrogens is 379 g/mol. The predicted octanol–water partition coefficient (Wildman–Crippen LogP) is 4.27. The second-order valence-electron chi connectivity index (χ2n) is 5.16. The van der Waals surface area contributed by atoms with Crippen molar-refractivity contribution >= 4 is 40.4 Å². The average Bonchev–Trinajstić information content (AvgIpc) is 3.14. The van der Waals surface area contributed by atoms with Gasteiger partial charge in [-0.2, -0.15) is 5.10 Å². The Morgan fingerprint density at radius 2 is 1.88 bits per heavy atom. The first kappa shape index (κ1) is 17.8. The fourth-order valence-electron chi connectivity index (χ4n) is 2.26. The molecule has 0 N–H and O–H groups in total. The zero-order valence-electron chi connectivity index (χ0n) is 13.0. The van der Waals surface area contributed by atoms with Gasteiger partial charge < -0.3 is 0 Å². The zero-order valence-corrected chi connectivity index (χ0v) is 14.6. The number of hydrogen-bond donors (Lipinski definition) is 0. The number of nitro groups is 1. The normalized spacial score (nSPS) is 11.4. The Morgan fingerprint density at radius 1 is 1.15 bits per heavy atom. The van der Waals surface area contributed by atoms with Crippen LogP contribution < -0.4 is 0 Å². The highest BCUT2D eigenvalue weighted by atomic mass is 35.5. The van der Waals surface area contributed by atoms with Gasteiger partial charge in [-0.1, -0.05) is 23.2 Å². The third-order valence-corrected chi connectivity index (χ3v) is 4.05. The maximum absolute atomic E-state index is 12.7.